The molecule has 0 bridgehead atoms. The number of nitrogens with one attached hydrogen (secondary N) is 2. The molecule has 0 aliphatic rings. The molecule has 22 heavy (non-hydrogen) atoms. The van der Waals surface area contributed by atoms with E-state index in [0.29, 0.717) is 23.6 Å². The van der Waals surface area contributed by atoms with Gasteiger partial charge in [-0.1, -0.05) is 24.9 Å². The summed E-state index contributed by atoms with van der Waals surface area (Å²) in [6.45, 7) is 2.04. The van der Waals surface area contributed by atoms with Crippen molar-refractivity contribution in [2.24, 2.45) is 0 Å². The maximum absolute atomic E-state index is 13.1. The van der Waals surface area contributed by atoms with E-state index in [0.717, 1.165) is 12.8 Å². The molecule has 116 valence electrons. The second-order valence-corrected chi connectivity index (χ2v) is 5.24. The second-order valence-electron chi connectivity index (χ2n) is 4.84. The highest BCUT2D eigenvalue weighted by Crippen LogP contribution is 2.22. The van der Waals surface area contributed by atoms with Gasteiger partial charge in [-0.2, -0.15) is 0 Å². The van der Waals surface area contributed by atoms with E-state index in [4.69, 9.17) is 11.6 Å². The van der Waals surface area contributed by atoms with Crippen LogP contribution in [0.2, 0.25) is 5.02 Å². The molecule has 1 aromatic carbocycles. The topological polar surface area (TPSA) is 54.0 Å². The van der Waals surface area contributed by atoms with Gasteiger partial charge < -0.3 is 10.6 Å². The van der Waals surface area contributed by atoms with Gasteiger partial charge in [0.05, 0.1) is 16.9 Å². The van der Waals surface area contributed by atoms with Crippen molar-refractivity contribution in [1.29, 1.82) is 0 Å². The van der Waals surface area contributed by atoms with E-state index in [1.54, 1.807) is 24.4 Å². The van der Waals surface area contributed by atoms with Crippen molar-refractivity contribution in [3.8, 4) is 0 Å². The lowest BCUT2D eigenvalue weighted by Crippen LogP contribution is -2.12. The molecule has 1 amide bonds. The van der Waals surface area contributed by atoms with Gasteiger partial charge in [0, 0.05) is 12.1 Å². The SMILES string of the molecule is CCCCC(=O)Nc1ccc(Nc2ccc(F)c(Cl)c2)cn1. The van der Waals surface area contributed by atoms with Crippen LogP contribution in [-0.4, -0.2) is 10.9 Å². The van der Waals surface area contributed by atoms with Crippen LogP contribution in [0.3, 0.4) is 0 Å². The minimum Gasteiger partial charge on any atom is -0.354 e. The molecule has 0 saturated carbocycles. The Balaban J connectivity index is 1.96. The molecular formula is C16H17ClFN3O. The Morgan fingerprint density at radius 2 is 2.05 bits per heavy atom. The standard InChI is InChI=1S/C16H17ClFN3O/c1-2-3-4-16(22)21-15-8-6-12(10-19-15)20-11-5-7-14(18)13(17)9-11/h5-10,20H,2-4H2,1H3,(H,19,21,22). The summed E-state index contributed by atoms with van der Waals surface area (Å²) in [5.41, 5.74) is 1.38. The molecule has 0 spiro atoms. The molecule has 2 N–H and O–H groups in total. The molecule has 2 rings (SSSR count). The lowest BCUT2D eigenvalue weighted by atomic mass is 10.2. The van der Waals surface area contributed by atoms with Crippen molar-refractivity contribution in [3.63, 3.8) is 0 Å². The normalized spacial score (nSPS) is 10.3. The molecule has 2 aromatic rings. The van der Waals surface area contributed by atoms with E-state index < -0.39 is 5.82 Å². The Morgan fingerprint density at radius 3 is 2.68 bits per heavy atom. The zero-order valence-electron chi connectivity index (χ0n) is 12.2. The maximum Gasteiger partial charge on any atom is 0.225 e. The number of nitrogens with zero attached hydrogens (tertiary/aromatic N) is 1. The van der Waals surface area contributed by atoms with Gasteiger partial charge in [0.15, 0.2) is 0 Å². The highest BCUT2D eigenvalue weighted by molar-refractivity contribution is 6.31. The Bertz CT molecular complexity index is 646. The Kier molecular flexibility index (Phi) is 5.72. The lowest BCUT2D eigenvalue weighted by Gasteiger charge is -2.08. The fourth-order valence-electron chi connectivity index (χ4n) is 1.82. The zero-order chi connectivity index (χ0) is 15.9. The van der Waals surface area contributed by atoms with Crippen LogP contribution in [0.1, 0.15) is 26.2 Å². The molecule has 0 saturated heterocycles. The van der Waals surface area contributed by atoms with Crippen LogP contribution in [0.5, 0.6) is 0 Å². The molecule has 0 radical (unpaired) electrons. The molecule has 0 aliphatic carbocycles. The number of carbonyl (C=O) groups is 1. The van der Waals surface area contributed by atoms with E-state index in [-0.39, 0.29) is 10.9 Å². The Labute approximate surface area is 133 Å². The van der Waals surface area contributed by atoms with Crippen molar-refractivity contribution >= 4 is 34.7 Å². The predicted octanol–water partition coefficient (Wildman–Crippen LogP) is 4.75. The maximum atomic E-state index is 13.1. The Hall–Kier alpha value is -2.14. The highest BCUT2D eigenvalue weighted by atomic mass is 35.5. The van der Waals surface area contributed by atoms with E-state index in [2.05, 4.69) is 15.6 Å². The van der Waals surface area contributed by atoms with Gasteiger partial charge in [-0.05, 0) is 36.8 Å². The van der Waals surface area contributed by atoms with Crippen molar-refractivity contribution in [1.82, 2.24) is 4.98 Å². The van der Waals surface area contributed by atoms with Gasteiger partial charge in [0.25, 0.3) is 0 Å². The van der Waals surface area contributed by atoms with Crippen LogP contribution >= 0.6 is 11.6 Å². The third-order valence-electron chi connectivity index (χ3n) is 3.00. The van der Waals surface area contributed by atoms with E-state index in [9.17, 15) is 9.18 Å². The summed E-state index contributed by atoms with van der Waals surface area (Å²) in [4.78, 5) is 15.8. The minimum atomic E-state index is -0.463. The highest BCUT2D eigenvalue weighted by Gasteiger charge is 2.04. The molecule has 0 unspecified atom stereocenters. The summed E-state index contributed by atoms with van der Waals surface area (Å²) in [5.74, 6) is -0.000326. The molecule has 0 fully saturated rings. The first-order valence-electron chi connectivity index (χ1n) is 7.06. The molecule has 4 nitrogen and oxygen atoms in total. The zero-order valence-corrected chi connectivity index (χ0v) is 13.0. The molecule has 0 atom stereocenters. The third kappa shape index (κ3) is 4.70. The van der Waals surface area contributed by atoms with Gasteiger partial charge in [-0.3, -0.25) is 4.79 Å². The van der Waals surface area contributed by atoms with Crippen molar-refractivity contribution in [2.75, 3.05) is 10.6 Å². The van der Waals surface area contributed by atoms with Crippen LogP contribution in [0.15, 0.2) is 36.5 Å². The van der Waals surface area contributed by atoms with Gasteiger partial charge >= 0.3 is 0 Å². The number of aromatic nitrogens is 1. The monoisotopic (exact) mass is 321 g/mol. The summed E-state index contributed by atoms with van der Waals surface area (Å²) in [6.07, 6.45) is 3.92. The number of hydrogen-bond acceptors (Lipinski definition) is 3. The first kappa shape index (κ1) is 16.2. The van der Waals surface area contributed by atoms with Gasteiger partial charge in [-0.25, -0.2) is 9.37 Å². The molecular weight excluding hydrogens is 305 g/mol. The average molecular weight is 322 g/mol. The number of benzene rings is 1. The number of hydrogen-bond donors (Lipinski definition) is 2. The quantitative estimate of drug-likeness (QED) is 0.807. The van der Waals surface area contributed by atoms with Crippen LogP contribution in [0.25, 0.3) is 0 Å². The number of carbonyl (C=O) groups excluding carboxylic acids is 1. The van der Waals surface area contributed by atoms with E-state index in [1.807, 2.05) is 6.92 Å². The fraction of sp³-hybridized carbons (Fsp3) is 0.250. The van der Waals surface area contributed by atoms with Crippen molar-refractivity contribution in [2.45, 2.75) is 26.2 Å². The van der Waals surface area contributed by atoms with Crippen LogP contribution < -0.4 is 10.6 Å². The number of rotatable bonds is 6. The largest absolute Gasteiger partial charge is 0.354 e. The van der Waals surface area contributed by atoms with Crippen molar-refractivity contribution < 1.29 is 9.18 Å². The smallest absolute Gasteiger partial charge is 0.225 e. The summed E-state index contributed by atoms with van der Waals surface area (Å²) in [6, 6.07) is 7.86. The number of pyridine rings is 1. The summed E-state index contributed by atoms with van der Waals surface area (Å²) < 4.78 is 13.1. The number of anilines is 3. The predicted molar refractivity (Wildman–Crippen MR) is 87.1 cm³/mol. The minimum absolute atomic E-state index is 0.0413. The Morgan fingerprint density at radius 1 is 1.27 bits per heavy atom. The molecule has 1 aromatic heterocycles. The van der Waals surface area contributed by atoms with Gasteiger partial charge in [0.1, 0.15) is 11.6 Å². The van der Waals surface area contributed by atoms with E-state index >= 15 is 0 Å². The average Bonchev–Trinajstić information content (AvgIpc) is 2.51. The summed E-state index contributed by atoms with van der Waals surface area (Å²) in [7, 11) is 0. The van der Waals surface area contributed by atoms with Crippen molar-refractivity contribution in [3.05, 3.63) is 47.4 Å². The van der Waals surface area contributed by atoms with Crippen LogP contribution in [-0.2, 0) is 4.79 Å². The first-order chi connectivity index (χ1) is 10.6. The number of halogens is 2. The first-order valence-corrected chi connectivity index (χ1v) is 7.44. The number of unbranched alkanes of at least 4 members (excludes halogenated alkanes) is 1. The summed E-state index contributed by atoms with van der Waals surface area (Å²) >= 11 is 5.73. The van der Waals surface area contributed by atoms with Gasteiger partial charge in [0.2, 0.25) is 5.91 Å². The summed E-state index contributed by atoms with van der Waals surface area (Å²) in [5, 5.41) is 5.85. The number of amides is 1. The lowest BCUT2D eigenvalue weighted by molar-refractivity contribution is -0.116. The van der Waals surface area contributed by atoms with Crippen LogP contribution in [0.4, 0.5) is 21.6 Å². The fourth-order valence-corrected chi connectivity index (χ4v) is 2.01. The third-order valence-corrected chi connectivity index (χ3v) is 3.29. The molecule has 6 heteroatoms. The van der Waals surface area contributed by atoms with Gasteiger partial charge in [-0.15, -0.1) is 0 Å². The van der Waals surface area contributed by atoms with E-state index in [1.165, 1.54) is 12.1 Å². The van der Waals surface area contributed by atoms with Crippen LogP contribution in [0, 0.1) is 5.82 Å². The molecule has 1 heterocycles. The molecule has 0 aliphatic heterocycles. The second kappa shape index (κ2) is 7.75.